The summed E-state index contributed by atoms with van der Waals surface area (Å²) in [4.78, 5) is -0.0997. The first-order valence-corrected chi connectivity index (χ1v) is 7.27. The van der Waals surface area contributed by atoms with Crippen LogP contribution in [0.4, 0.5) is 14.5 Å². The van der Waals surface area contributed by atoms with Crippen LogP contribution in [0.15, 0.2) is 17.0 Å². The van der Waals surface area contributed by atoms with E-state index < -0.39 is 27.3 Å². The average Bonchev–Trinajstić information content (AvgIpc) is 2.64. The molecule has 0 aliphatic rings. The Labute approximate surface area is 119 Å². The van der Waals surface area contributed by atoms with Gasteiger partial charge in [0, 0.05) is 6.07 Å². The van der Waals surface area contributed by atoms with E-state index in [1.54, 1.807) is 0 Å². The molecule has 0 atom stereocenters. The Morgan fingerprint density at radius 2 is 1.95 bits per heavy atom. The van der Waals surface area contributed by atoms with Crippen molar-refractivity contribution in [3.63, 3.8) is 0 Å². The summed E-state index contributed by atoms with van der Waals surface area (Å²) in [5.41, 5.74) is 0.0235. The lowest BCUT2D eigenvalue weighted by molar-refractivity contribution is 0.582. The Morgan fingerprint density at radius 1 is 1.30 bits per heavy atom. The maximum Gasteiger partial charge on any atom is 0.265 e. The van der Waals surface area contributed by atoms with E-state index in [0.717, 1.165) is 6.07 Å². The third-order valence-electron chi connectivity index (χ3n) is 2.57. The molecule has 0 aliphatic carbocycles. The average molecular weight is 322 g/mol. The number of halogens is 3. The standard InChI is InChI=1S/C11H10ClF2N3O2S/c1-5-11(6(2)16-15-5)20(18,19)17-10-8(12)3-7(13)4-9(10)14/h3-4,17H,1-2H3,(H,15,16). The number of nitrogens with one attached hydrogen (secondary N) is 2. The molecule has 108 valence electrons. The van der Waals surface area contributed by atoms with E-state index in [1.807, 2.05) is 4.72 Å². The molecule has 1 heterocycles. The zero-order valence-corrected chi connectivity index (χ0v) is 12.0. The number of benzene rings is 1. The Kier molecular flexibility index (Phi) is 3.70. The molecular weight excluding hydrogens is 312 g/mol. The number of H-pyrrole nitrogens is 1. The van der Waals surface area contributed by atoms with Gasteiger partial charge in [0.15, 0.2) is 5.82 Å². The number of hydrogen-bond acceptors (Lipinski definition) is 3. The normalized spacial score (nSPS) is 11.7. The van der Waals surface area contributed by atoms with Crippen LogP contribution in [0.3, 0.4) is 0 Å². The maximum absolute atomic E-state index is 13.6. The van der Waals surface area contributed by atoms with E-state index >= 15 is 0 Å². The van der Waals surface area contributed by atoms with Gasteiger partial charge >= 0.3 is 0 Å². The van der Waals surface area contributed by atoms with Crippen molar-refractivity contribution in [3.05, 3.63) is 40.2 Å². The van der Waals surface area contributed by atoms with E-state index in [2.05, 4.69) is 10.2 Å². The molecule has 1 aromatic heterocycles. The molecule has 0 amide bonds. The van der Waals surface area contributed by atoms with Crippen molar-refractivity contribution in [2.75, 3.05) is 4.72 Å². The van der Waals surface area contributed by atoms with Crippen LogP contribution >= 0.6 is 11.6 Å². The minimum Gasteiger partial charge on any atom is -0.281 e. The molecule has 2 aromatic rings. The minimum atomic E-state index is -4.08. The molecule has 0 saturated heterocycles. The number of aromatic amines is 1. The van der Waals surface area contributed by atoms with E-state index in [0.29, 0.717) is 11.8 Å². The topological polar surface area (TPSA) is 74.8 Å². The highest BCUT2D eigenvalue weighted by atomic mass is 35.5. The zero-order valence-electron chi connectivity index (χ0n) is 10.5. The summed E-state index contributed by atoms with van der Waals surface area (Å²) >= 11 is 5.65. The number of hydrogen-bond donors (Lipinski definition) is 2. The summed E-state index contributed by atoms with van der Waals surface area (Å²) in [5.74, 6) is -2.00. The lowest BCUT2D eigenvalue weighted by Crippen LogP contribution is -2.16. The molecule has 20 heavy (non-hydrogen) atoms. The first-order chi connectivity index (χ1) is 9.22. The van der Waals surface area contributed by atoms with Crippen molar-refractivity contribution in [2.24, 2.45) is 0 Å². The molecule has 9 heteroatoms. The fraction of sp³-hybridized carbons (Fsp3) is 0.182. The Hall–Kier alpha value is -1.67. The quantitative estimate of drug-likeness (QED) is 0.912. The van der Waals surface area contributed by atoms with Gasteiger partial charge in [-0.25, -0.2) is 17.2 Å². The molecule has 0 unspecified atom stereocenters. The van der Waals surface area contributed by atoms with Crippen LogP contribution in [0, 0.1) is 25.5 Å². The van der Waals surface area contributed by atoms with Gasteiger partial charge in [-0.15, -0.1) is 0 Å². The molecule has 0 aliphatic heterocycles. The summed E-state index contributed by atoms with van der Waals surface area (Å²) in [6.07, 6.45) is 0. The van der Waals surface area contributed by atoms with Crippen LogP contribution in [0.1, 0.15) is 11.4 Å². The number of aryl methyl sites for hydroxylation is 2. The van der Waals surface area contributed by atoms with Crippen molar-refractivity contribution in [1.82, 2.24) is 10.2 Å². The van der Waals surface area contributed by atoms with Gasteiger partial charge in [-0.1, -0.05) is 11.6 Å². The van der Waals surface area contributed by atoms with E-state index in [9.17, 15) is 17.2 Å². The predicted octanol–water partition coefficient (Wildman–Crippen LogP) is 2.76. The van der Waals surface area contributed by atoms with Gasteiger partial charge in [0.1, 0.15) is 16.4 Å². The second kappa shape index (κ2) is 5.02. The number of nitrogens with zero attached hydrogens (tertiary/aromatic N) is 1. The molecule has 5 nitrogen and oxygen atoms in total. The van der Waals surface area contributed by atoms with Crippen molar-refractivity contribution in [3.8, 4) is 0 Å². The van der Waals surface area contributed by atoms with Crippen LogP contribution in [0.5, 0.6) is 0 Å². The Bertz CT molecular complexity index is 731. The molecule has 0 saturated carbocycles. The van der Waals surface area contributed by atoms with Gasteiger partial charge < -0.3 is 0 Å². The lowest BCUT2D eigenvalue weighted by Gasteiger charge is -2.10. The van der Waals surface area contributed by atoms with Crippen molar-refractivity contribution >= 4 is 27.3 Å². The largest absolute Gasteiger partial charge is 0.281 e. The highest BCUT2D eigenvalue weighted by molar-refractivity contribution is 7.92. The molecule has 0 radical (unpaired) electrons. The first-order valence-electron chi connectivity index (χ1n) is 5.41. The Balaban J connectivity index is 2.50. The molecular formula is C11H10ClF2N3O2S. The fourth-order valence-corrected chi connectivity index (χ4v) is 3.52. The molecule has 2 rings (SSSR count). The first kappa shape index (κ1) is 14.7. The molecule has 2 N–H and O–H groups in total. The highest BCUT2D eigenvalue weighted by Gasteiger charge is 2.24. The van der Waals surface area contributed by atoms with Crippen LogP contribution < -0.4 is 4.72 Å². The molecule has 0 spiro atoms. The predicted molar refractivity (Wildman–Crippen MR) is 70.2 cm³/mol. The molecule has 0 bridgehead atoms. The zero-order chi connectivity index (χ0) is 15.1. The second-order valence-electron chi connectivity index (χ2n) is 4.11. The summed E-state index contributed by atoms with van der Waals surface area (Å²) in [5, 5.41) is 5.89. The molecule has 0 fully saturated rings. The lowest BCUT2D eigenvalue weighted by atomic mass is 10.3. The molecule has 1 aromatic carbocycles. The van der Waals surface area contributed by atoms with Crippen LogP contribution in [0.25, 0.3) is 0 Å². The highest BCUT2D eigenvalue weighted by Crippen LogP contribution is 2.29. The monoisotopic (exact) mass is 321 g/mol. The van der Waals surface area contributed by atoms with E-state index in [4.69, 9.17) is 11.6 Å². The van der Waals surface area contributed by atoms with Crippen molar-refractivity contribution < 1.29 is 17.2 Å². The van der Waals surface area contributed by atoms with Gasteiger partial charge in [-0.2, -0.15) is 5.10 Å². The third kappa shape index (κ3) is 2.61. The van der Waals surface area contributed by atoms with Crippen molar-refractivity contribution in [1.29, 1.82) is 0 Å². The minimum absolute atomic E-state index is 0.0997. The van der Waals surface area contributed by atoms with E-state index in [1.165, 1.54) is 13.8 Å². The summed E-state index contributed by atoms with van der Waals surface area (Å²) in [6.45, 7) is 3.00. The number of anilines is 1. The van der Waals surface area contributed by atoms with E-state index in [-0.39, 0.29) is 15.6 Å². The summed E-state index contributed by atoms with van der Waals surface area (Å²) < 4.78 is 52.9. The van der Waals surface area contributed by atoms with Gasteiger partial charge in [0.05, 0.1) is 16.4 Å². The Morgan fingerprint density at radius 3 is 2.45 bits per heavy atom. The number of sulfonamides is 1. The van der Waals surface area contributed by atoms with Gasteiger partial charge in [-0.05, 0) is 19.9 Å². The van der Waals surface area contributed by atoms with Crippen molar-refractivity contribution in [2.45, 2.75) is 18.7 Å². The number of aromatic nitrogens is 2. The second-order valence-corrected chi connectivity index (χ2v) is 6.14. The van der Waals surface area contributed by atoms with Crippen LogP contribution in [-0.4, -0.2) is 18.6 Å². The van der Waals surface area contributed by atoms with Gasteiger partial charge in [0.2, 0.25) is 0 Å². The third-order valence-corrected chi connectivity index (χ3v) is 4.48. The van der Waals surface area contributed by atoms with Gasteiger partial charge in [0.25, 0.3) is 10.0 Å². The SMILES string of the molecule is Cc1n[nH]c(C)c1S(=O)(=O)Nc1c(F)cc(F)cc1Cl. The number of rotatable bonds is 3. The van der Waals surface area contributed by atoms with Crippen LogP contribution in [-0.2, 0) is 10.0 Å². The summed E-state index contributed by atoms with van der Waals surface area (Å²) in [7, 11) is -4.08. The maximum atomic E-state index is 13.6. The summed E-state index contributed by atoms with van der Waals surface area (Å²) in [6, 6.07) is 1.36. The smallest absolute Gasteiger partial charge is 0.265 e. The fourth-order valence-electron chi connectivity index (χ4n) is 1.76. The van der Waals surface area contributed by atoms with Gasteiger partial charge in [-0.3, -0.25) is 9.82 Å². The van der Waals surface area contributed by atoms with Crippen LogP contribution in [0.2, 0.25) is 5.02 Å².